The number of carbonyl (C=O) groups excluding carboxylic acids is 2. The number of benzene rings is 3. The second-order valence-electron chi connectivity index (χ2n) is 9.42. The van der Waals surface area contributed by atoms with Gasteiger partial charge in [0.05, 0.1) is 20.6 Å². The number of hydrogen-bond donors (Lipinski definition) is 1. The van der Waals surface area contributed by atoms with Crippen LogP contribution in [0.25, 0.3) is 0 Å². The monoisotopic (exact) mass is 589 g/mol. The molecular formula is C29H33Cl2N3O4S. The van der Waals surface area contributed by atoms with Gasteiger partial charge in [-0.15, -0.1) is 0 Å². The van der Waals surface area contributed by atoms with Crippen molar-refractivity contribution < 1.29 is 18.0 Å². The maximum atomic E-state index is 14.0. The molecule has 3 rings (SSSR count). The van der Waals surface area contributed by atoms with Gasteiger partial charge < -0.3 is 10.2 Å². The Balaban J connectivity index is 2.07. The van der Waals surface area contributed by atoms with Crippen LogP contribution in [0.4, 0.5) is 5.69 Å². The number of sulfonamides is 1. The zero-order chi connectivity index (χ0) is 28.7. The number of nitrogens with zero attached hydrogens (tertiary/aromatic N) is 2. The summed E-state index contributed by atoms with van der Waals surface area (Å²) in [4.78, 5) is 28.4. The lowest BCUT2D eigenvalue weighted by molar-refractivity contribution is -0.139. The van der Waals surface area contributed by atoms with Crippen molar-refractivity contribution in [2.45, 2.75) is 57.6 Å². The van der Waals surface area contributed by atoms with Crippen molar-refractivity contribution in [2.75, 3.05) is 10.8 Å². The summed E-state index contributed by atoms with van der Waals surface area (Å²) in [5.74, 6) is -0.900. The molecule has 3 aromatic carbocycles. The molecule has 1 unspecified atom stereocenters. The minimum Gasteiger partial charge on any atom is -0.352 e. The van der Waals surface area contributed by atoms with Gasteiger partial charge in [0.2, 0.25) is 11.8 Å². The van der Waals surface area contributed by atoms with Crippen LogP contribution in [0.1, 0.15) is 38.8 Å². The number of hydrogen-bond acceptors (Lipinski definition) is 4. The van der Waals surface area contributed by atoms with Crippen molar-refractivity contribution in [3.8, 4) is 0 Å². The van der Waals surface area contributed by atoms with Gasteiger partial charge in [-0.25, -0.2) is 8.42 Å². The number of para-hydroxylation sites is 1. The van der Waals surface area contributed by atoms with E-state index in [0.717, 1.165) is 9.87 Å². The van der Waals surface area contributed by atoms with Crippen LogP contribution >= 0.6 is 23.2 Å². The first-order chi connectivity index (χ1) is 18.4. The highest BCUT2D eigenvalue weighted by Gasteiger charge is 2.33. The Hall–Kier alpha value is -3.07. The normalized spacial score (nSPS) is 12.2. The lowest BCUT2D eigenvalue weighted by Crippen LogP contribution is -2.52. The summed E-state index contributed by atoms with van der Waals surface area (Å²) in [6, 6.07) is 19.0. The average Bonchev–Trinajstić information content (AvgIpc) is 2.91. The summed E-state index contributed by atoms with van der Waals surface area (Å²) >= 11 is 12.3. The number of anilines is 1. The molecule has 0 saturated carbocycles. The first kappa shape index (κ1) is 30.5. The van der Waals surface area contributed by atoms with Crippen LogP contribution in [-0.4, -0.2) is 43.8 Å². The van der Waals surface area contributed by atoms with Crippen molar-refractivity contribution in [3.63, 3.8) is 0 Å². The molecule has 3 aromatic rings. The van der Waals surface area contributed by atoms with Crippen LogP contribution in [0.3, 0.4) is 0 Å². The molecule has 0 aliphatic carbocycles. The van der Waals surface area contributed by atoms with E-state index in [1.807, 2.05) is 32.9 Å². The zero-order valence-electron chi connectivity index (χ0n) is 22.4. The van der Waals surface area contributed by atoms with Crippen molar-refractivity contribution in [1.29, 1.82) is 0 Å². The van der Waals surface area contributed by atoms with Gasteiger partial charge in [0.15, 0.2) is 0 Å². The summed E-state index contributed by atoms with van der Waals surface area (Å²) in [6.45, 7) is 6.70. The first-order valence-corrected chi connectivity index (χ1v) is 14.8. The van der Waals surface area contributed by atoms with E-state index >= 15 is 0 Å². The molecule has 0 radical (unpaired) electrons. The van der Waals surface area contributed by atoms with Gasteiger partial charge in [0, 0.05) is 12.6 Å². The van der Waals surface area contributed by atoms with E-state index in [9.17, 15) is 18.0 Å². The molecule has 0 aliphatic rings. The molecule has 10 heteroatoms. The van der Waals surface area contributed by atoms with Gasteiger partial charge in [-0.05, 0) is 68.7 Å². The largest absolute Gasteiger partial charge is 0.352 e. The van der Waals surface area contributed by atoms with E-state index in [4.69, 9.17) is 23.2 Å². The summed E-state index contributed by atoms with van der Waals surface area (Å²) in [5, 5.41) is 3.50. The summed E-state index contributed by atoms with van der Waals surface area (Å²) in [6.07, 6.45) is 0.561. The average molecular weight is 591 g/mol. The predicted octanol–water partition coefficient (Wildman–Crippen LogP) is 5.69. The standard InChI is InChI=1S/C29H33Cl2N3O4S/c1-5-23-11-9-10-14-27(23)34(39(37,38)24-12-7-6-8-13-24)19-28(35)33(21(4)29(36)32-20(2)3)18-22-15-16-25(30)26(31)17-22/h6-17,20-21H,5,18-19H2,1-4H3,(H,32,36). The minimum absolute atomic E-state index is 0.0249. The van der Waals surface area contributed by atoms with Crippen LogP contribution in [0.5, 0.6) is 0 Å². The first-order valence-electron chi connectivity index (χ1n) is 12.6. The Morgan fingerprint density at radius 3 is 2.15 bits per heavy atom. The van der Waals surface area contributed by atoms with E-state index in [-0.39, 0.29) is 23.4 Å². The van der Waals surface area contributed by atoms with E-state index in [1.165, 1.54) is 17.0 Å². The molecular weight excluding hydrogens is 557 g/mol. The number of aryl methyl sites for hydroxylation is 1. The molecule has 0 bridgehead atoms. The van der Waals surface area contributed by atoms with Crippen molar-refractivity contribution >= 4 is 50.7 Å². The highest BCUT2D eigenvalue weighted by Crippen LogP contribution is 2.29. The molecule has 0 heterocycles. The molecule has 0 saturated heterocycles. The van der Waals surface area contributed by atoms with Crippen LogP contribution in [0.15, 0.2) is 77.7 Å². The minimum atomic E-state index is -4.12. The number of carbonyl (C=O) groups is 2. The molecule has 0 aliphatic heterocycles. The van der Waals surface area contributed by atoms with Crippen LogP contribution in [0.2, 0.25) is 10.0 Å². The fourth-order valence-corrected chi connectivity index (χ4v) is 5.90. The fourth-order valence-electron chi connectivity index (χ4n) is 4.11. The molecule has 2 amide bonds. The van der Waals surface area contributed by atoms with Crippen LogP contribution in [0, 0.1) is 0 Å². The van der Waals surface area contributed by atoms with Gasteiger partial charge in [0.1, 0.15) is 12.6 Å². The van der Waals surface area contributed by atoms with Crippen molar-refractivity contribution in [3.05, 3.63) is 94.0 Å². The maximum absolute atomic E-state index is 14.0. The Bertz CT molecular complexity index is 1420. The Labute approximate surface area is 240 Å². The number of nitrogens with one attached hydrogen (secondary N) is 1. The van der Waals surface area contributed by atoms with E-state index in [0.29, 0.717) is 27.7 Å². The lowest BCUT2D eigenvalue weighted by Gasteiger charge is -2.33. The Morgan fingerprint density at radius 1 is 0.897 bits per heavy atom. The van der Waals surface area contributed by atoms with Gasteiger partial charge in [-0.3, -0.25) is 13.9 Å². The van der Waals surface area contributed by atoms with Gasteiger partial charge in [-0.2, -0.15) is 0 Å². The number of amides is 2. The molecule has 7 nitrogen and oxygen atoms in total. The van der Waals surface area contributed by atoms with Gasteiger partial charge >= 0.3 is 0 Å². The predicted molar refractivity (Wildman–Crippen MR) is 157 cm³/mol. The van der Waals surface area contributed by atoms with Crippen LogP contribution in [-0.2, 0) is 32.6 Å². The maximum Gasteiger partial charge on any atom is 0.264 e. The van der Waals surface area contributed by atoms with Gasteiger partial charge in [-0.1, -0.05) is 72.6 Å². The quantitative estimate of drug-likeness (QED) is 0.311. The summed E-state index contributed by atoms with van der Waals surface area (Å²) in [5.41, 5.74) is 1.82. The summed E-state index contributed by atoms with van der Waals surface area (Å²) < 4.78 is 28.9. The summed E-state index contributed by atoms with van der Waals surface area (Å²) in [7, 11) is -4.12. The zero-order valence-corrected chi connectivity index (χ0v) is 24.7. The van der Waals surface area contributed by atoms with Crippen molar-refractivity contribution in [1.82, 2.24) is 10.2 Å². The third kappa shape index (κ3) is 7.53. The molecule has 208 valence electrons. The van der Waals surface area contributed by atoms with Crippen LogP contribution < -0.4 is 9.62 Å². The topological polar surface area (TPSA) is 86.8 Å². The fraction of sp³-hybridized carbons (Fsp3) is 0.310. The smallest absolute Gasteiger partial charge is 0.264 e. The second kappa shape index (κ2) is 13.3. The van der Waals surface area contributed by atoms with E-state index < -0.39 is 28.5 Å². The third-order valence-corrected chi connectivity index (χ3v) is 8.70. The Kier molecular flexibility index (Phi) is 10.4. The van der Waals surface area contributed by atoms with Crippen molar-refractivity contribution in [2.24, 2.45) is 0 Å². The van der Waals surface area contributed by atoms with E-state index in [1.54, 1.807) is 55.5 Å². The lowest BCUT2D eigenvalue weighted by atomic mass is 10.1. The molecule has 1 N–H and O–H groups in total. The third-order valence-electron chi connectivity index (χ3n) is 6.19. The van der Waals surface area contributed by atoms with Gasteiger partial charge in [0.25, 0.3) is 10.0 Å². The second-order valence-corrected chi connectivity index (χ2v) is 12.1. The van der Waals surface area contributed by atoms with E-state index in [2.05, 4.69) is 5.32 Å². The molecule has 0 aromatic heterocycles. The highest BCUT2D eigenvalue weighted by molar-refractivity contribution is 7.92. The highest BCUT2D eigenvalue weighted by atomic mass is 35.5. The number of halogens is 2. The SMILES string of the molecule is CCc1ccccc1N(CC(=O)N(Cc1ccc(Cl)c(Cl)c1)C(C)C(=O)NC(C)C)S(=O)(=O)c1ccccc1. The number of rotatable bonds is 11. The molecule has 0 spiro atoms. The molecule has 39 heavy (non-hydrogen) atoms. The molecule has 1 atom stereocenters. The molecule has 0 fully saturated rings. The Morgan fingerprint density at radius 2 is 1.54 bits per heavy atom.